The number of carbonyl (C=O) groups is 2. The van der Waals surface area contributed by atoms with Gasteiger partial charge >= 0.3 is 0 Å². The predicted molar refractivity (Wildman–Crippen MR) is 69.4 cm³/mol. The molecule has 0 aromatic carbocycles. The molecule has 106 valence electrons. The second kappa shape index (κ2) is 5.12. The van der Waals surface area contributed by atoms with Crippen molar-refractivity contribution in [3.05, 3.63) is 0 Å². The Hall–Kier alpha value is -1.10. The molecular formula is C14H22N2O3. The van der Waals surface area contributed by atoms with Crippen LogP contribution >= 0.6 is 0 Å². The van der Waals surface area contributed by atoms with Crippen molar-refractivity contribution >= 4 is 11.8 Å². The normalized spacial score (nSPS) is 35.6. The van der Waals surface area contributed by atoms with Crippen LogP contribution in [0.5, 0.6) is 0 Å². The Morgan fingerprint density at radius 2 is 2.11 bits per heavy atom. The third-order valence-electron chi connectivity index (χ3n) is 4.48. The molecule has 19 heavy (non-hydrogen) atoms. The second-order valence-corrected chi connectivity index (χ2v) is 5.97. The molecule has 0 aromatic rings. The van der Waals surface area contributed by atoms with Crippen LogP contribution in [0.3, 0.4) is 0 Å². The van der Waals surface area contributed by atoms with Crippen molar-refractivity contribution in [2.75, 3.05) is 19.8 Å². The highest BCUT2D eigenvalue weighted by Gasteiger charge is 2.46. The minimum absolute atomic E-state index is 0.0258. The lowest BCUT2D eigenvalue weighted by molar-refractivity contribution is -0.150. The van der Waals surface area contributed by atoms with Crippen LogP contribution in [0.4, 0.5) is 0 Å². The number of amides is 2. The van der Waals surface area contributed by atoms with E-state index in [4.69, 9.17) is 4.74 Å². The Morgan fingerprint density at radius 1 is 1.32 bits per heavy atom. The highest BCUT2D eigenvalue weighted by atomic mass is 16.5. The first-order chi connectivity index (χ1) is 9.20. The van der Waals surface area contributed by atoms with E-state index in [0.29, 0.717) is 24.8 Å². The zero-order chi connectivity index (χ0) is 13.4. The maximum absolute atomic E-state index is 12.6. The number of carbonyl (C=O) groups excluding carboxylic acids is 2. The van der Waals surface area contributed by atoms with E-state index in [0.717, 1.165) is 32.5 Å². The quantitative estimate of drug-likeness (QED) is 0.808. The molecule has 3 aliphatic rings. The Bertz CT molecular complexity index is 375. The number of ether oxygens (including phenoxy) is 1. The van der Waals surface area contributed by atoms with Crippen molar-refractivity contribution in [3.8, 4) is 0 Å². The number of hydrogen-bond donors (Lipinski definition) is 1. The van der Waals surface area contributed by atoms with Gasteiger partial charge in [0.15, 0.2) is 0 Å². The van der Waals surface area contributed by atoms with Gasteiger partial charge in [-0.15, -0.1) is 0 Å². The summed E-state index contributed by atoms with van der Waals surface area (Å²) in [5.41, 5.74) is 0. The number of nitrogens with zero attached hydrogens (tertiary/aromatic N) is 1. The first-order valence-electron chi connectivity index (χ1n) is 7.39. The Kier molecular flexibility index (Phi) is 3.48. The lowest BCUT2D eigenvalue weighted by Gasteiger charge is -2.39. The van der Waals surface area contributed by atoms with Crippen LogP contribution < -0.4 is 5.32 Å². The maximum atomic E-state index is 12.6. The summed E-state index contributed by atoms with van der Waals surface area (Å²) in [6, 6.07) is -0.555. The van der Waals surface area contributed by atoms with E-state index < -0.39 is 0 Å². The van der Waals surface area contributed by atoms with Crippen molar-refractivity contribution in [2.24, 2.45) is 11.8 Å². The molecule has 0 radical (unpaired) electrons. The molecule has 2 saturated heterocycles. The fourth-order valence-corrected chi connectivity index (χ4v) is 3.16. The summed E-state index contributed by atoms with van der Waals surface area (Å²) in [7, 11) is 0. The van der Waals surface area contributed by atoms with Gasteiger partial charge in [-0.25, -0.2) is 0 Å². The smallest absolute Gasteiger partial charge is 0.246 e. The SMILES string of the molecule is CCC1C(=O)NC(C2CC2)C(=O)N1CC1CCOC1. The first-order valence-corrected chi connectivity index (χ1v) is 7.39. The van der Waals surface area contributed by atoms with Gasteiger partial charge in [0.05, 0.1) is 6.61 Å². The van der Waals surface area contributed by atoms with Gasteiger partial charge in [0, 0.05) is 19.1 Å². The summed E-state index contributed by atoms with van der Waals surface area (Å²) in [5.74, 6) is 0.916. The van der Waals surface area contributed by atoms with Gasteiger partial charge in [0.25, 0.3) is 0 Å². The van der Waals surface area contributed by atoms with Crippen LogP contribution in [0.25, 0.3) is 0 Å². The zero-order valence-corrected chi connectivity index (χ0v) is 11.4. The minimum atomic E-state index is -0.289. The van der Waals surface area contributed by atoms with Gasteiger partial charge in [0.2, 0.25) is 11.8 Å². The lowest BCUT2D eigenvalue weighted by atomic mass is 9.99. The van der Waals surface area contributed by atoms with E-state index in [1.807, 2.05) is 11.8 Å². The predicted octanol–water partition coefficient (Wildman–Crippen LogP) is 0.539. The molecule has 3 unspecified atom stereocenters. The summed E-state index contributed by atoms with van der Waals surface area (Å²) in [4.78, 5) is 26.6. The van der Waals surface area contributed by atoms with E-state index >= 15 is 0 Å². The summed E-state index contributed by atoms with van der Waals surface area (Å²) >= 11 is 0. The van der Waals surface area contributed by atoms with Gasteiger partial charge in [-0.3, -0.25) is 9.59 Å². The highest BCUT2D eigenvalue weighted by molar-refractivity contribution is 5.97. The van der Waals surface area contributed by atoms with Crippen LogP contribution in [0.15, 0.2) is 0 Å². The summed E-state index contributed by atoms with van der Waals surface area (Å²) in [6.07, 6.45) is 3.81. The molecule has 1 aliphatic carbocycles. The van der Waals surface area contributed by atoms with Gasteiger partial charge in [-0.1, -0.05) is 6.92 Å². The largest absolute Gasteiger partial charge is 0.381 e. The van der Waals surface area contributed by atoms with Crippen LogP contribution in [-0.4, -0.2) is 48.6 Å². The molecule has 5 nitrogen and oxygen atoms in total. The van der Waals surface area contributed by atoms with Gasteiger partial charge < -0.3 is 15.0 Å². The molecule has 3 rings (SSSR count). The fraction of sp³-hybridized carbons (Fsp3) is 0.857. The third kappa shape index (κ3) is 2.48. The molecule has 1 saturated carbocycles. The van der Waals surface area contributed by atoms with E-state index in [1.54, 1.807) is 0 Å². The van der Waals surface area contributed by atoms with Crippen molar-refractivity contribution in [3.63, 3.8) is 0 Å². The second-order valence-electron chi connectivity index (χ2n) is 5.97. The monoisotopic (exact) mass is 266 g/mol. The lowest BCUT2D eigenvalue weighted by Crippen LogP contribution is -2.64. The van der Waals surface area contributed by atoms with Gasteiger partial charge in [-0.2, -0.15) is 0 Å². The molecule has 3 fully saturated rings. The van der Waals surface area contributed by atoms with E-state index in [9.17, 15) is 9.59 Å². The summed E-state index contributed by atoms with van der Waals surface area (Å²) < 4.78 is 5.38. The van der Waals surface area contributed by atoms with Crippen LogP contribution in [0, 0.1) is 11.8 Å². The van der Waals surface area contributed by atoms with Gasteiger partial charge in [-0.05, 0) is 31.6 Å². The number of nitrogens with one attached hydrogen (secondary N) is 1. The Labute approximate surface area is 113 Å². The molecule has 0 aromatic heterocycles. The molecule has 3 atom stereocenters. The van der Waals surface area contributed by atoms with Crippen molar-refractivity contribution in [2.45, 2.75) is 44.7 Å². The number of rotatable bonds is 4. The maximum Gasteiger partial charge on any atom is 0.246 e. The van der Waals surface area contributed by atoms with Crippen LogP contribution in [-0.2, 0) is 14.3 Å². The highest BCUT2D eigenvalue weighted by Crippen LogP contribution is 2.35. The Morgan fingerprint density at radius 3 is 2.68 bits per heavy atom. The standard InChI is InChI=1S/C14H22N2O3/c1-2-11-13(17)15-12(10-3-4-10)14(18)16(11)7-9-5-6-19-8-9/h9-12H,2-8H2,1H3,(H,15,17). The van der Waals surface area contributed by atoms with E-state index in [2.05, 4.69) is 5.32 Å². The van der Waals surface area contributed by atoms with Crippen LogP contribution in [0.2, 0.25) is 0 Å². The molecular weight excluding hydrogens is 244 g/mol. The van der Waals surface area contributed by atoms with Crippen molar-refractivity contribution in [1.82, 2.24) is 10.2 Å². The summed E-state index contributed by atoms with van der Waals surface area (Å²) in [6.45, 7) is 4.14. The van der Waals surface area contributed by atoms with E-state index in [1.165, 1.54) is 0 Å². The molecule has 5 heteroatoms. The molecule has 2 amide bonds. The number of hydrogen-bond acceptors (Lipinski definition) is 3. The summed E-state index contributed by atoms with van der Waals surface area (Å²) in [5, 5.41) is 2.92. The number of piperazine rings is 1. The molecule has 0 spiro atoms. The fourth-order valence-electron chi connectivity index (χ4n) is 3.16. The molecule has 1 N–H and O–H groups in total. The van der Waals surface area contributed by atoms with Gasteiger partial charge in [0.1, 0.15) is 12.1 Å². The third-order valence-corrected chi connectivity index (χ3v) is 4.48. The topological polar surface area (TPSA) is 58.6 Å². The van der Waals surface area contributed by atoms with E-state index in [-0.39, 0.29) is 23.9 Å². The minimum Gasteiger partial charge on any atom is -0.381 e. The molecule has 2 aliphatic heterocycles. The average molecular weight is 266 g/mol. The first kappa shape index (κ1) is 12.9. The molecule has 2 heterocycles. The molecule has 0 bridgehead atoms. The average Bonchev–Trinajstić information content (AvgIpc) is 3.11. The van der Waals surface area contributed by atoms with Crippen molar-refractivity contribution < 1.29 is 14.3 Å². The zero-order valence-electron chi connectivity index (χ0n) is 11.4. The van der Waals surface area contributed by atoms with Crippen molar-refractivity contribution in [1.29, 1.82) is 0 Å². The van der Waals surface area contributed by atoms with Crippen LogP contribution in [0.1, 0.15) is 32.6 Å². The Balaban J connectivity index is 1.74.